The van der Waals surface area contributed by atoms with E-state index in [4.69, 9.17) is 0 Å². The average Bonchev–Trinajstić information content (AvgIpc) is 1.79. The Bertz CT molecular complexity index is 167. The van der Waals surface area contributed by atoms with E-state index in [1.807, 2.05) is 0 Å². The van der Waals surface area contributed by atoms with Gasteiger partial charge in [-0.15, -0.1) is 0 Å². The first-order valence-corrected chi connectivity index (χ1v) is 3.38. The molecule has 1 atom stereocenters. The van der Waals surface area contributed by atoms with Crippen molar-refractivity contribution in [1.29, 1.82) is 0 Å². The highest BCUT2D eigenvalue weighted by molar-refractivity contribution is 5.72. The van der Waals surface area contributed by atoms with Gasteiger partial charge in [0, 0.05) is 0 Å². The lowest BCUT2D eigenvalue weighted by molar-refractivity contribution is -0.162. The number of primary amides is 1. The van der Waals surface area contributed by atoms with Crippen LogP contribution in [-0.4, -0.2) is 18.2 Å². The first-order valence-electron chi connectivity index (χ1n) is 3.38. The lowest BCUT2D eigenvalue weighted by Crippen LogP contribution is -2.50. The number of carbonyl (C=O) groups is 1. The number of rotatable bonds is 2. The van der Waals surface area contributed by atoms with Crippen molar-refractivity contribution in [3.63, 3.8) is 0 Å². The molecule has 0 bridgehead atoms. The highest BCUT2D eigenvalue weighted by Gasteiger charge is 2.42. The van der Waals surface area contributed by atoms with E-state index in [9.17, 15) is 18.0 Å². The average molecular weight is 184 g/mol. The second kappa shape index (κ2) is 3.64. The normalized spacial score (nSPS) is 14.5. The Morgan fingerprint density at radius 1 is 1.42 bits per heavy atom. The monoisotopic (exact) mass is 184 g/mol. The van der Waals surface area contributed by atoms with Crippen molar-refractivity contribution in [2.45, 2.75) is 26.1 Å². The molecule has 0 aliphatic rings. The van der Waals surface area contributed by atoms with Gasteiger partial charge in [0.15, 0.2) is 0 Å². The zero-order valence-corrected chi connectivity index (χ0v) is 6.77. The van der Waals surface area contributed by atoms with E-state index in [1.165, 1.54) is 13.8 Å². The van der Waals surface area contributed by atoms with Crippen LogP contribution in [-0.2, 0) is 0 Å². The number of urea groups is 1. The van der Waals surface area contributed by atoms with Gasteiger partial charge in [-0.25, -0.2) is 4.79 Å². The van der Waals surface area contributed by atoms with Crippen LogP contribution in [0.25, 0.3) is 0 Å². The van der Waals surface area contributed by atoms with E-state index in [-0.39, 0.29) is 0 Å². The maximum atomic E-state index is 12.1. The summed E-state index contributed by atoms with van der Waals surface area (Å²) in [5.74, 6) is -0.725. The highest BCUT2D eigenvalue weighted by atomic mass is 19.4. The van der Waals surface area contributed by atoms with Gasteiger partial charge in [0.1, 0.15) is 6.04 Å². The fourth-order valence-corrected chi connectivity index (χ4v) is 0.780. The topological polar surface area (TPSA) is 55.1 Å². The molecule has 0 spiro atoms. The fraction of sp³-hybridized carbons (Fsp3) is 0.833. The first-order chi connectivity index (χ1) is 5.25. The van der Waals surface area contributed by atoms with Crippen molar-refractivity contribution in [2.24, 2.45) is 11.7 Å². The van der Waals surface area contributed by atoms with Crippen LogP contribution in [0.1, 0.15) is 13.8 Å². The summed E-state index contributed by atoms with van der Waals surface area (Å²) in [7, 11) is 0. The van der Waals surface area contributed by atoms with Crippen LogP contribution in [0.2, 0.25) is 0 Å². The Labute approximate surface area is 68.1 Å². The number of hydrogen-bond donors (Lipinski definition) is 2. The summed E-state index contributed by atoms with van der Waals surface area (Å²) in [6, 6.07) is -3.03. The molecule has 72 valence electrons. The van der Waals surface area contributed by atoms with Crippen LogP contribution < -0.4 is 11.1 Å². The zero-order valence-electron chi connectivity index (χ0n) is 6.77. The molecule has 0 radical (unpaired) electrons. The number of amides is 2. The third kappa shape index (κ3) is 3.45. The highest BCUT2D eigenvalue weighted by Crippen LogP contribution is 2.25. The zero-order chi connectivity index (χ0) is 9.94. The number of alkyl halides is 3. The third-order valence-corrected chi connectivity index (χ3v) is 1.32. The number of hydrogen-bond acceptors (Lipinski definition) is 1. The third-order valence-electron chi connectivity index (χ3n) is 1.32. The molecule has 0 rings (SSSR count). The molecule has 3 N–H and O–H groups in total. The second-order valence-corrected chi connectivity index (χ2v) is 2.77. The Morgan fingerprint density at radius 3 is 1.92 bits per heavy atom. The first kappa shape index (κ1) is 11.1. The van der Waals surface area contributed by atoms with Gasteiger partial charge in [-0.1, -0.05) is 13.8 Å². The van der Waals surface area contributed by atoms with Crippen molar-refractivity contribution in [2.75, 3.05) is 0 Å². The van der Waals surface area contributed by atoms with Gasteiger partial charge in [-0.2, -0.15) is 13.2 Å². The Kier molecular flexibility index (Phi) is 3.36. The molecule has 0 aromatic rings. The summed E-state index contributed by atoms with van der Waals surface area (Å²) in [4.78, 5) is 10.2. The van der Waals surface area contributed by atoms with Crippen LogP contribution in [0.5, 0.6) is 0 Å². The van der Waals surface area contributed by atoms with E-state index in [0.717, 1.165) is 0 Å². The molecule has 12 heavy (non-hydrogen) atoms. The van der Waals surface area contributed by atoms with Crippen LogP contribution in [0, 0.1) is 5.92 Å². The minimum Gasteiger partial charge on any atom is -0.352 e. The summed E-state index contributed by atoms with van der Waals surface area (Å²) in [6.45, 7) is 2.71. The van der Waals surface area contributed by atoms with Gasteiger partial charge in [-0.05, 0) is 5.92 Å². The number of nitrogens with two attached hydrogens (primary N) is 1. The molecule has 0 saturated carbocycles. The quantitative estimate of drug-likeness (QED) is 0.666. The maximum absolute atomic E-state index is 12.1. The molecule has 0 fully saturated rings. The van der Waals surface area contributed by atoms with E-state index in [0.29, 0.717) is 0 Å². The number of halogens is 3. The van der Waals surface area contributed by atoms with Crippen molar-refractivity contribution >= 4 is 6.03 Å². The van der Waals surface area contributed by atoms with Crippen molar-refractivity contribution in [3.05, 3.63) is 0 Å². The molecule has 2 amide bonds. The van der Waals surface area contributed by atoms with Gasteiger partial charge in [-0.3, -0.25) is 0 Å². The van der Waals surface area contributed by atoms with Crippen LogP contribution in [0.4, 0.5) is 18.0 Å². The van der Waals surface area contributed by atoms with E-state index < -0.39 is 24.2 Å². The smallest absolute Gasteiger partial charge is 0.352 e. The summed E-state index contributed by atoms with van der Waals surface area (Å²) in [6.07, 6.45) is -4.44. The van der Waals surface area contributed by atoms with Gasteiger partial charge < -0.3 is 11.1 Å². The van der Waals surface area contributed by atoms with Gasteiger partial charge in [0.2, 0.25) is 0 Å². The molecule has 0 aromatic carbocycles. The molecule has 3 nitrogen and oxygen atoms in total. The predicted molar refractivity (Wildman–Crippen MR) is 37.4 cm³/mol. The standard InChI is InChI=1S/C6H11F3N2O/c1-3(2)4(6(7,8)9)11-5(10)12/h3-4H,1-2H3,(H3,10,11,12)/t4-/m0/s1. The molecule has 6 heteroatoms. The van der Waals surface area contributed by atoms with Crippen molar-refractivity contribution < 1.29 is 18.0 Å². The predicted octanol–water partition coefficient (Wildman–Crippen LogP) is 1.24. The molecular weight excluding hydrogens is 173 g/mol. The molecular formula is C6H11F3N2O. The van der Waals surface area contributed by atoms with E-state index in [2.05, 4.69) is 5.73 Å². The number of nitrogens with one attached hydrogen (secondary N) is 1. The minimum atomic E-state index is -4.44. The van der Waals surface area contributed by atoms with Crippen molar-refractivity contribution in [1.82, 2.24) is 5.32 Å². The van der Waals surface area contributed by atoms with E-state index >= 15 is 0 Å². The molecule has 0 saturated heterocycles. The lowest BCUT2D eigenvalue weighted by Gasteiger charge is -2.23. The number of carbonyl (C=O) groups excluding carboxylic acids is 1. The second-order valence-electron chi connectivity index (χ2n) is 2.77. The Balaban J connectivity index is 4.35. The van der Waals surface area contributed by atoms with Crippen LogP contribution in [0.15, 0.2) is 0 Å². The van der Waals surface area contributed by atoms with E-state index in [1.54, 1.807) is 5.32 Å². The molecule has 0 heterocycles. The largest absolute Gasteiger partial charge is 0.408 e. The minimum absolute atomic E-state index is 0.725. The van der Waals surface area contributed by atoms with Crippen LogP contribution in [0.3, 0.4) is 0 Å². The van der Waals surface area contributed by atoms with Crippen LogP contribution >= 0.6 is 0 Å². The van der Waals surface area contributed by atoms with Gasteiger partial charge >= 0.3 is 12.2 Å². The molecule has 0 aliphatic heterocycles. The fourth-order valence-electron chi connectivity index (χ4n) is 0.780. The summed E-state index contributed by atoms with van der Waals surface area (Å²) >= 11 is 0. The lowest BCUT2D eigenvalue weighted by atomic mass is 10.0. The van der Waals surface area contributed by atoms with Crippen molar-refractivity contribution in [3.8, 4) is 0 Å². The SMILES string of the molecule is CC(C)[C@H](NC(N)=O)C(F)(F)F. The summed E-state index contributed by atoms with van der Waals surface area (Å²) in [5.41, 5.74) is 4.58. The molecule has 0 unspecified atom stereocenters. The molecule has 0 aromatic heterocycles. The molecule has 0 aliphatic carbocycles. The van der Waals surface area contributed by atoms with Gasteiger partial charge in [0.25, 0.3) is 0 Å². The Morgan fingerprint density at radius 2 is 1.83 bits per heavy atom. The summed E-state index contributed by atoms with van der Waals surface area (Å²) < 4.78 is 36.2. The Hall–Kier alpha value is -0.940. The van der Waals surface area contributed by atoms with Gasteiger partial charge in [0.05, 0.1) is 0 Å². The maximum Gasteiger partial charge on any atom is 0.408 e. The summed E-state index contributed by atoms with van der Waals surface area (Å²) in [5, 5.41) is 1.63.